The molecule has 5 nitrogen and oxygen atoms in total. The molecule has 0 saturated heterocycles. The Balaban J connectivity index is 1.36. The number of rotatable bonds is 10. The Hall–Kier alpha value is -3.90. The molecule has 0 N–H and O–H groups in total. The van der Waals surface area contributed by atoms with Gasteiger partial charge >= 0.3 is 5.97 Å². The van der Waals surface area contributed by atoms with Gasteiger partial charge in [0.2, 0.25) is 0 Å². The largest absolute Gasteiger partial charge is 0.494 e. The van der Waals surface area contributed by atoms with Crippen LogP contribution in [0.25, 0.3) is 0 Å². The Morgan fingerprint density at radius 3 is 2.50 bits per heavy atom. The average molecular weight is 552 g/mol. The summed E-state index contributed by atoms with van der Waals surface area (Å²) in [6.07, 6.45) is 12.0. The fourth-order valence-electron chi connectivity index (χ4n) is 4.86. The number of carbonyl (C=O) groups excluding carboxylic acids is 2. The minimum absolute atomic E-state index is 0.0138. The molecule has 0 fully saturated rings. The van der Waals surface area contributed by atoms with Crippen LogP contribution in [0, 0.1) is 0 Å². The summed E-state index contributed by atoms with van der Waals surface area (Å²) >= 11 is 1.59. The Morgan fingerprint density at radius 1 is 0.975 bits per heavy atom. The molecule has 0 saturated carbocycles. The topological polar surface area (TPSA) is 65.0 Å². The van der Waals surface area contributed by atoms with Crippen molar-refractivity contribution in [2.45, 2.75) is 56.4 Å². The first kappa shape index (κ1) is 27.7. The quantitative estimate of drug-likeness (QED) is 0.110. The summed E-state index contributed by atoms with van der Waals surface area (Å²) in [6, 6.07) is 20.3. The van der Waals surface area contributed by atoms with Gasteiger partial charge in [-0.05, 0) is 79.6 Å². The summed E-state index contributed by atoms with van der Waals surface area (Å²) in [6.45, 7) is 5.03. The van der Waals surface area contributed by atoms with Crippen molar-refractivity contribution in [3.05, 3.63) is 113 Å². The van der Waals surface area contributed by atoms with Crippen molar-refractivity contribution in [2.75, 3.05) is 6.61 Å². The van der Waals surface area contributed by atoms with Crippen molar-refractivity contribution in [3.63, 3.8) is 0 Å². The molecule has 0 radical (unpaired) electrons. The third kappa shape index (κ3) is 6.62. The summed E-state index contributed by atoms with van der Waals surface area (Å²) < 4.78 is 11.5. The fraction of sp³-hybridized carbons (Fsp3) is 0.265. The van der Waals surface area contributed by atoms with E-state index in [-0.39, 0.29) is 12.0 Å². The summed E-state index contributed by atoms with van der Waals surface area (Å²) in [4.78, 5) is 30.2. The molecule has 204 valence electrons. The average Bonchev–Trinajstić information content (AvgIpc) is 2.98. The number of benzene rings is 3. The molecule has 0 spiro atoms. The predicted molar refractivity (Wildman–Crippen MR) is 161 cm³/mol. The number of allylic oxidation sites excluding steroid dienone is 2. The van der Waals surface area contributed by atoms with Gasteiger partial charge in [0.1, 0.15) is 22.8 Å². The van der Waals surface area contributed by atoms with Crippen molar-refractivity contribution < 1.29 is 19.1 Å². The molecule has 2 aliphatic rings. The number of aliphatic imine (C=N–C) groups is 1. The van der Waals surface area contributed by atoms with E-state index in [0.717, 1.165) is 46.1 Å². The Kier molecular flexibility index (Phi) is 8.97. The summed E-state index contributed by atoms with van der Waals surface area (Å²) in [5.74, 6) is 0.921. The molecule has 1 heterocycles. The SMILES string of the molecule is CCCCCCOc1ccc(SC2=NC3C=C(C)C=CC3c3ccc(C(=O)Oc4ccc(C=O)cc4)cc32)cc1. The summed E-state index contributed by atoms with van der Waals surface area (Å²) in [5.41, 5.74) is 4.24. The molecule has 0 amide bonds. The van der Waals surface area contributed by atoms with Crippen molar-refractivity contribution in [1.82, 2.24) is 0 Å². The second-order valence-electron chi connectivity index (χ2n) is 10.1. The molecular formula is C34H33NO4S. The van der Waals surface area contributed by atoms with Gasteiger partial charge in [-0.1, -0.05) is 67.8 Å². The van der Waals surface area contributed by atoms with E-state index in [1.165, 1.54) is 24.8 Å². The number of esters is 1. The summed E-state index contributed by atoms with van der Waals surface area (Å²) in [5, 5.41) is 0.869. The van der Waals surface area contributed by atoms with E-state index in [0.29, 0.717) is 16.9 Å². The van der Waals surface area contributed by atoms with Crippen LogP contribution in [0.3, 0.4) is 0 Å². The highest BCUT2D eigenvalue weighted by Crippen LogP contribution is 2.40. The first-order valence-corrected chi connectivity index (χ1v) is 14.6. The lowest BCUT2D eigenvalue weighted by atomic mass is 9.82. The first-order chi connectivity index (χ1) is 19.5. The van der Waals surface area contributed by atoms with E-state index in [1.54, 1.807) is 36.0 Å². The van der Waals surface area contributed by atoms with Gasteiger partial charge in [-0.3, -0.25) is 9.79 Å². The highest BCUT2D eigenvalue weighted by Gasteiger charge is 2.31. The maximum atomic E-state index is 13.1. The minimum atomic E-state index is -0.455. The van der Waals surface area contributed by atoms with Gasteiger partial charge in [-0.2, -0.15) is 0 Å². The van der Waals surface area contributed by atoms with Gasteiger partial charge in [-0.15, -0.1) is 0 Å². The van der Waals surface area contributed by atoms with Crippen LogP contribution in [0.15, 0.2) is 100 Å². The fourth-order valence-corrected chi connectivity index (χ4v) is 5.82. The molecule has 1 aliphatic carbocycles. The smallest absolute Gasteiger partial charge is 0.343 e. The van der Waals surface area contributed by atoms with Gasteiger partial charge in [0.05, 0.1) is 18.2 Å². The third-order valence-electron chi connectivity index (χ3n) is 7.04. The van der Waals surface area contributed by atoms with Crippen LogP contribution in [-0.4, -0.2) is 29.9 Å². The zero-order valence-electron chi connectivity index (χ0n) is 22.8. The molecule has 40 heavy (non-hydrogen) atoms. The number of nitrogens with zero attached hydrogens (tertiary/aromatic N) is 1. The van der Waals surface area contributed by atoms with Crippen molar-refractivity contribution in [1.29, 1.82) is 0 Å². The molecular weight excluding hydrogens is 518 g/mol. The number of thioether (sulfide) groups is 1. The van der Waals surface area contributed by atoms with Crippen molar-refractivity contribution in [2.24, 2.45) is 4.99 Å². The standard InChI is InChI=1S/C34H33NO4S/c1-3-4-5-6-19-38-26-13-15-28(16-14-26)40-33-31-21-25(34(37)39-27-11-8-24(22-36)9-12-27)10-18-29(31)30-17-7-23(2)20-32(30)35-33/h7-18,20-22,30,32H,3-6,19H2,1-2H3. The van der Waals surface area contributed by atoms with Crippen LogP contribution in [0.4, 0.5) is 0 Å². The number of unbranched alkanes of at least 4 members (excludes halogenated alkanes) is 3. The summed E-state index contributed by atoms with van der Waals surface area (Å²) in [7, 11) is 0. The monoisotopic (exact) mass is 551 g/mol. The van der Waals surface area contributed by atoms with E-state index >= 15 is 0 Å². The number of hydrogen-bond donors (Lipinski definition) is 0. The lowest BCUT2D eigenvalue weighted by molar-refractivity contribution is 0.0734. The Morgan fingerprint density at radius 2 is 1.75 bits per heavy atom. The van der Waals surface area contributed by atoms with Crippen LogP contribution in [0.2, 0.25) is 0 Å². The van der Waals surface area contributed by atoms with Crippen LogP contribution in [0.1, 0.15) is 77.3 Å². The molecule has 2 atom stereocenters. The molecule has 0 bridgehead atoms. The zero-order valence-corrected chi connectivity index (χ0v) is 23.7. The number of hydrogen-bond acceptors (Lipinski definition) is 6. The Labute approximate surface area is 240 Å². The van der Waals surface area contributed by atoms with Crippen LogP contribution in [-0.2, 0) is 0 Å². The van der Waals surface area contributed by atoms with E-state index in [1.807, 2.05) is 30.3 Å². The molecule has 3 aromatic rings. The zero-order chi connectivity index (χ0) is 27.9. The van der Waals surface area contributed by atoms with Gasteiger partial charge in [0, 0.05) is 21.9 Å². The predicted octanol–water partition coefficient (Wildman–Crippen LogP) is 8.20. The van der Waals surface area contributed by atoms with Crippen LogP contribution < -0.4 is 9.47 Å². The van der Waals surface area contributed by atoms with E-state index in [9.17, 15) is 9.59 Å². The van der Waals surface area contributed by atoms with E-state index in [4.69, 9.17) is 14.5 Å². The third-order valence-corrected chi connectivity index (χ3v) is 8.07. The second-order valence-corrected chi connectivity index (χ2v) is 11.1. The molecule has 2 unspecified atom stereocenters. The van der Waals surface area contributed by atoms with Crippen LogP contribution in [0.5, 0.6) is 11.5 Å². The molecule has 0 aromatic heterocycles. The highest BCUT2D eigenvalue weighted by molar-refractivity contribution is 8.14. The number of aldehydes is 1. The normalized spacial score (nSPS) is 17.2. The number of carbonyl (C=O) groups is 2. The Bertz CT molecular complexity index is 1450. The van der Waals surface area contributed by atoms with Crippen LogP contribution >= 0.6 is 11.8 Å². The van der Waals surface area contributed by atoms with Gasteiger partial charge in [0.15, 0.2) is 0 Å². The van der Waals surface area contributed by atoms with Gasteiger partial charge in [0.25, 0.3) is 0 Å². The lowest BCUT2D eigenvalue weighted by Gasteiger charge is -2.30. The first-order valence-electron chi connectivity index (χ1n) is 13.8. The number of fused-ring (bicyclic) bond motifs is 3. The van der Waals surface area contributed by atoms with Gasteiger partial charge < -0.3 is 9.47 Å². The molecule has 3 aromatic carbocycles. The molecule has 6 heteroatoms. The van der Waals surface area contributed by atoms with Crippen molar-refractivity contribution >= 4 is 29.1 Å². The number of ether oxygens (including phenoxy) is 2. The van der Waals surface area contributed by atoms with E-state index < -0.39 is 5.97 Å². The lowest BCUT2D eigenvalue weighted by Crippen LogP contribution is -2.25. The van der Waals surface area contributed by atoms with Gasteiger partial charge in [-0.25, -0.2) is 4.79 Å². The van der Waals surface area contributed by atoms with E-state index in [2.05, 4.69) is 44.2 Å². The maximum absolute atomic E-state index is 13.1. The molecule has 5 rings (SSSR count). The minimum Gasteiger partial charge on any atom is -0.494 e. The van der Waals surface area contributed by atoms with Crippen molar-refractivity contribution in [3.8, 4) is 11.5 Å². The second kappa shape index (κ2) is 13.0. The maximum Gasteiger partial charge on any atom is 0.343 e. The highest BCUT2D eigenvalue weighted by atomic mass is 32.2. The molecule has 1 aliphatic heterocycles.